The van der Waals surface area contributed by atoms with E-state index in [-0.39, 0.29) is 18.6 Å². The number of carboxylic acids is 1. The molecule has 1 aromatic rings. The van der Waals surface area contributed by atoms with Gasteiger partial charge in [0.15, 0.2) is 0 Å². The molecule has 2 amide bonds. The van der Waals surface area contributed by atoms with Crippen molar-refractivity contribution in [2.24, 2.45) is 5.92 Å². The highest BCUT2D eigenvalue weighted by Crippen LogP contribution is 2.40. The van der Waals surface area contributed by atoms with Crippen molar-refractivity contribution in [1.82, 2.24) is 5.32 Å². The molecule has 142 valence electrons. The van der Waals surface area contributed by atoms with Gasteiger partial charge in [0.25, 0.3) is 11.8 Å². The normalized spacial score (nSPS) is 18.9. The molecule has 0 unspecified atom stereocenters. The molecule has 26 heavy (non-hydrogen) atoms. The van der Waals surface area contributed by atoms with Crippen LogP contribution < -0.4 is 10.6 Å². The lowest BCUT2D eigenvalue weighted by molar-refractivity contribution is -0.143. The first kappa shape index (κ1) is 18.8. The van der Waals surface area contributed by atoms with Gasteiger partial charge in [-0.2, -0.15) is 0 Å². The number of rotatable bonds is 8. The zero-order valence-corrected chi connectivity index (χ0v) is 15.6. The predicted molar refractivity (Wildman–Crippen MR) is 97.7 cm³/mol. The van der Waals surface area contributed by atoms with Gasteiger partial charge in [0.2, 0.25) is 0 Å². The maximum atomic E-state index is 12.7. The molecule has 1 atom stereocenters. The number of hydrogen-bond acceptors (Lipinski definition) is 5. The highest BCUT2D eigenvalue weighted by atomic mass is 32.1. The maximum absolute atomic E-state index is 12.7. The first-order chi connectivity index (χ1) is 12.5. The van der Waals surface area contributed by atoms with Crippen LogP contribution in [-0.4, -0.2) is 42.1 Å². The third-order valence-corrected chi connectivity index (χ3v) is 5.97. The first-order valence-electron chi connectivity index (χ1n) is 9.02. The number of carboxylic acid groups (broad SMARTS) is 1. The first-order valence-corrected chi connectivity index (χ1v) is 9.84. The van der Waals surface area contributed by atoms with Gasteiger partial charge in [-0.1, -0.05) is 13.3 Å². The van der Waals surface area contributed by atoms with E-state index in [1.165, 1.54) is 16.2 Å². The van der Waals surface area contributed by atoms with Crippen LogP contribution in [0, 0.1) is 5.92 Å². The van der Waals surface area contributed by atoms with Crippen LogP contribution in [0.5, 0.6) is 0 Å². The van der Waals surface area contributed by atoms with Gasteiger partial charge in [-0.25, -0.2) is 4.79 Å². The number of anilines is 1. The summed E-state index contributed by atoms with van der Waals surface area (Å²) in [5, 5.41) is 14.9. The minimum Gasteiger partial charge on any atom is -0.480 e. The fourth-order valence-electron chi connectivity index (χ4n) is 3.21. The van der Waals surface area contributed by atoms with Crippen molar-refractivity contribution >= 4 is 34.1 Å². The van der Waals surface area contributed by atoms with E-state index >= 15 is 0 Å². The van der Waals surface area contributed by atoms with E-state index in [1.807, 2.05) is 0 Å². The van der Waals surface area contributed by atoms with Crippen LogP contribution in [0.15, 0.2) is 0 Å². The number of carbonyl (C=O) groups is 3. The summed E-state index contributed by atoms with van der Waals surface area (Å²) in [5.74, 6) is -1.08. The number of carbonyl (C=O) groups excluding carboxylic acids is 2. The SMILES string of the molecule is CC[C@@H]1CCc2c(sc(NC(=O)COCC(=O)O)c2C(=O)NC2CC2)C1. The molecule has 7 nitrogen and oxygen atoms in total. The zero-order valence-electron chi connectivity index (χ0n) is 14.8. The van der Waals surface area contributed by atoms with Crippen LogP contribution in [0.3, 0.4) is 0 Å². The van der Waals surface area contributed by atoms with Crippen molar-refractivity contribution in [2.45, 2.75) is 51.5 Å². The van der Waals surface area contributed by atoms with E-state index in [0.29, 0.717) is 16.5 Å². The molecule has 1 aromatic heterocycles. The Kier molecular flexibility index (Phi) is 5.93. The molecular formula is C18H24N2O5S. The van der Waals surface area contributed by atoms with Crippen LogP contribution in [0.1, 0.15) is 53.4 Å². The molecule has 0 aliphatic heterocycles. The minimum absolute atomic E-state index is 0.123. The summed E-state index contributed by atoms with van der Waals surface area (Å²) in [6.45, 7) is 1.30. The van der Waals surface area contributed by atoms with Gasteiger partial charge in [0, 0.05) is 10.9 Å². The molecule has 2 aliphatic carbocycles. The molecule has 0 spiro atoms. The maximum Gasteiger partial charge on any atom is 0.329 e. The summed E-state index contributed by atoms with van der Waals surface area (Å²) in [5.41, 5.74) is 1.64. The molecule has 3 rings (SSSR count). The van der Waals surface area contributed by atoms with Crippen molar-refractivity contribution < 1.29 is 24.2 Å². The number of aliphatic carboxylic acids is 1. The van der Waals surface area contributed by atoms with Crippen molar-refractivity contribution in [3.63, 3.8) is 0 Å². The van der Waals surface area contributed by atoms with Gasteiger partial charge < -0.3 is 20.5 Å². The Morgan fingerprint density at radius 3 is 2.65 bits per heavy atom. The Labute approximate surface area is 156 Å². The summed E-state index contributed by atoms with van der Waals surface area (Å²) in [6.07, 6.45) is 5.95. The number of ether oxygens (including phenoxy) is 1. The van der Waals surface area contributed by atoms with Crippen LogP contribution >= 0.6 is 11.3 Å². The average molecular weight is 380 g/mol. The summed E-state index contributed by atoms with van der Waals surface area (Å²) in [6, 6.07) is 0.243. The molecule has 3 N–H and O–H groups in total. The fraction of sp³-hybridized carbons (Fsp3) is 0.611. The summed E-state index contributed by atoms with van der Waals surface area (Å²) in [7, 11) is 0. The van der Waals surface area contributed by atoms with E-state index in [4.69, 9.17) is 9.84 Å². The van der Waals surface area contributed by atoms with Crippen molar-refractivity contribution in [3.05, 3.63) is 16.0 Å². The smallest absolute Gasteiger partial charge is 0.329 e. The van der Waals surface area contributed by atoms with Crippen molar-refractivity contribution in [3.8, 4) is 0 Å². The van der Waals surface area contributed by atoms with Gasteiger partial charge in [0.05, 0.1) is 5.56 Å². The van der Waals surface area contributed by atoms with E-state index in [0.717, 1.165) is 44.1 Å². The predicted octanol–water partition coefficient (Wildman–Crippen LogP) is 2.19. The third-order valence-electron chi connectivity index (χ3n) is 4.80. The second-order valence-electron chi connectivity index (χ2n) is 6.91. The van der Waals surface area contributed by atoms with Crippen molar-refractivity contribution in [1.29, 1.82) is 0 Å². The van der Waals surface area contributed by atoms with Gasteiger partial charge >= 0.3 is 5.97 Å². The van der Waals surface area contributed by atoms with Gasteiger partial charge in [-0.05, 0) is 43.6 Å². The summed E-state index contributed by atoms with van der Waals surface area (Å²) < 4.78 is 4.83. The lowest BCUT2D eigenvalue weighted by Gasteiger charge is -2.21. The molecule has 2 aliphatic rings. The standard InChI is InChI=1S/C18H24N2O5S/c1-2-10-3-6-12-13(7-10)26-18(16(12)17(24)19-11-4-5-11)20-14(21)8-25-9-15(22)23/h10-11H,2-9H2,1H3,(H,19,24)(H,20,21)(H,22,23)/t10-/m1/s1. The quantitative estimate of drug-likeness (QED) is 0.641. The van der Waals surface area contributed by atoms with E-state index in [9.17, 15) is 14.4 Å². The van der Waals surface area contributed by atoms with Gasteiger partial charge in [-0.3, -0.25) is 9.59 Å². The minimum atomic E-state index is -1.13. The highest BCUT2D eigenvalue weighted by Gasteiger charge is 2.31. The van der Waals surface area contributed by atoms with E-state index < -0.39 is 18.5 Å². The second-order valence-corrected chi connectivity index (χ2v) is 8.01. The topological polar surface area (TPSA) is 105 Å². The van der Waals surface area contributed by atoms with Crippen molar-refractivity contribution in [2.75, 3.05) is 18.5 Å². The summed E-state index contributed by atoms with van der Waals surface area (Å²) >= 11 is 1.46. The summed E-state index contributed by atoms with van der Waals surface area (Å²) in [4.78, 5) is 36.5. The average Bonchev–Trinajstić information content (AvgIpc) is 3.32. The molecular weight excluding hydrogens is 356 g/mol. The molecule has 0 aromatic carbocycles. The fourth-order valence-corrected chi connectivity index (χ4v) is 4.59. The Morgan fingerprint density at radius 1 is 1.23 bits per heavy atom. The molecule has 0 saturated heterocycles. The third kappa shape index (κ3) is 4.62. The number of fused-ring (bicyclic) bond motifs is 1. The van der Waals surface area contributed by atoms with Crippen LogP contribution in [0.2, 0.25) is 0 Å². The highest BCUT2D eigenvalue weighted by molar-refractivity contribution is 7.17. The number of thiophene rings is 1. The van der Waals surface area contributed by atoms with E-state index in [1.54, 1.807) is 0 Å². The van der Waals surface area contributed by atoms with Crippen LogP contribution in [0.4, 0.5) is 5.00 Å². The lowest BCUT2D eigenvalue weighted by atomic mass is 9.85. The van der Waals surface area contributed by atoms with Crippen LogP contribution in [-0.2, 0) is 27.2 Å². The molecule has 1 heterocycles. The molecule has 1 saturated carbocycles. The van der Waals surface area contributed by atoms with Gasteiger partial charge in [0.1, 0.15) is 18.2 Å². The molecule has 1 fully saturated rings. The largest absolute Gasteiger partial charge is 0.480 e. The zero-order chi connectivity index (χ0) is 18.7. The molecule has 0 radical (unpaired) electrons. The Hall–Kier alpha value is -1.93. The monoisotopic (exact) mass is 380 g/mol. The molecule has 8 heteroatoms. The number of hydrogen-bond donors (Lipinski definition) is 3. The van der Waals surface area contributed by atoms with Gasteiger partial charge in [-0.15, -0.1) is 11.3 Å². The molecule has 0 bridgehead atoms. The number of amides is 2. The van der Waals surface area contributed by atoms with E-state index in [2.05, 4.69) is 17.6 Å². The Bertz CT molecular complexity index is 711. The Balaban J connectivity index is 1.76. The Morgan fingerprint density at radius 2 is 2.00 bits per heavy atom. The van der Waals surface area contributed by atoms with Crippen LogP contribution in [0.25, 0.3) is 0 Å². The lowest BCUT2D eigenvalue weighted by Crippen LogP contribution is -2.28. The second kappa shape index (κ2) is 8.18. The number of nitrogens with one attached hydrogen (secondary N) is 2.